The van der Waals surface area contributed by atoms with Crippen LogP contribution in [0.25, 0.3) is 5.57 Å². The van der Waals surface area contributed by atoms with E-state index < -0.39 is 0 Å². The molecule has 1 atom stereocenters. The van der Waals surface area contributed by atoms with Gasteiger partial charge in [-0.05, 0) is 36.6 Å². The maximum atomic E-state index is 13.2. The Kier molecular flexibility index (Phi) is 5.04. The van der Waals surface area contributed by atoms with Gasteiger partial charge in [-0.1, -0.05) is 68.1 Å². The van der Waals surface area contributed by atoms with Crippen molar-refractivity contribution >= 4 is 17.2 Å². The van der Waals surface area contributed by atoms with E-state index in [1.165, 1.54) is 0 Å². The van der Waals surface area contributed by atoms with Gasteiger partial charge in [0.05, 0.1) is 11.6 Å². The summed E-state index contributed by atoms with van der Waals surface area (Å²) in [4.78, 5) is 15.4. The summed E-state index contributed by atoms with van der Waals surface area (Å²) in [5.74, 6) is 0.344. The molecule has 0 fully saturated rings. The normalized spacial score (nSPS) is 17.1. The van der Waals surface area contributed by atoms with Gasteiger partial charge in [0, 0.05) is 18.3 Å². The number of carbonyl (C=O) groups is 1. The van der Waals surface area contributed by atoms with Gasteiger partial charge in [-0.3, -0.25) is 0 Å². The first-order chi connectivity index (χ1) is 12.6. The Morgan fingerprint density at radius 1 is 1.00 bits per heavy atom. The van der Waals surface area contributed by atoms with Crippen molar-refractivity contribution in [3.63, 3.8) is 0 Å². The molecule has 2 aliphatic rings. The molecule has 2 aromatic rings. The van der Waals surface area contributed by atoms with Crippen molar-refractivity contribution in [1.82, 2.24) is 0 Å². The molecule has 0 saturated carbocycles. The Hall–Kier alpha value is -3.07. The molecule has 0 bridgehead atoms. The predicted octanol–water partition coefficient (Wildman–Crippen LogP) is 5.24. The van der Waals surface area contributed by atoms with E-state index in [1.807, 2.05) is 74.5 Å². The molecule has 1 aliphatic heterocycles. The molecule has 0 radical (unpaired) electrons. The highest BCUT2D eigenvalue weighted by Gasteiger charge is 2.33. The molecule has 1 heterocycles. The van der Waals surface area contributed by atoms with Crippen molar-refractivity contribution in [3.8, 4) is 5.75 Å². The van der Waals surface area contributed by atoms with Crippen LogP contribution in [0.5, 0.6) is 5.75 Å². The zero-order valence-electron chi connectivity index (χ0n) is 15.2. The Bertz CT molecular complexity index is 961. The van der Waals surface area contributed by atoms with E-state index in [4.69, 9.17) is 4.74 Å². The summed E-state index contributed by atoms with van der Waals surface area (Å²) in [5.41, 5.74) is 5.49. The number of esters is 1. The number of anilines is 1. The summed E-state index contributed by atoms with van der Waals surface area (Å²) in [6.07, 6.45) is 8.11. The molecule has 0 aromatic heterocycles. The fraction of sp³-hybridized carbons (Fsp3) is 0.208. The lowest BCUT2D eigenvalue weighted by molar-refractivity contribution is -0.128. The van der Waals surface area contributed by atoms with Crippen LogP contribution in [0.15, 0.2) is 72.3 Å². The van der Waals surface area contributed by atoms with E-state index in [0.717, 1.165) is 28.0 Å². The zero-order chi connectivity index (χ0) is 18.3. The summed E-state index contributed by atoms with van der Waals surface area (Å²) in [6, 6.07) is 13.9. The third kappa shape index (κ3) is 3.10. The number of hydrogen-bond acceptors (Lipinski definition) is 3. The first-order valence-corrected chi connectivity index (χ1v) is 8.77. The number of allylic oxidation sites excluding steroid dienone is 2. The molecule has 0 spiro atoms. The maximum Gasteiger partial charge on any atom is 0.344 e. The summed E-state index contributed by atoms with van der Waals surface area (Å²) in [6.45, 7) is 3.92. The van der Waals surface area contributed by atoms with Crippen molar-refractivity contribution in [2.24, 2.45) is 0 Å². The monoisotopic (exact) mass is 359 g/mol. The van der Waals surface area contributed by atoms with Crippen molar-refractivity contribution < 1.29 is 9.53 Å². The fourth-order valence-corrected chi connectivity index (χ4v) is 3.73. The number of likely N-dealkylation sites (N-methyl/N-ethyl adjacent to an activating group) is 1. The lowest BCUT2D eigenvalue weighted by Crippen LogP contribution is -2.37. The topological polar surface area (TPSA) is 29.5 Å². The van der Waals surface area contributed by atoms with Crippen LogP contribution in [0.2, 0.25) is 0 Å². The van der Waals surface area contributed by atoms with E-state index in [1.54, 1.807) is 0 Å². The molecule has 3 heteroatoms. The van der Waals surface area contributed by atoms with E-state index in [9.17, 15) is 4.79 Å². The van der Waals surface area contributed by atoms with Gasteiger partial charge in [0.25, 0.3) is 0 Å². The molecule has 0 amide bonds. The molecule has 27 heavy (non-hydrogen) atoms. The van der Waals surface area contributed by atoms with Crippen LogP contribution in [0.1, 0.15) is 24.1 Å². The summed E-state index contributed by atoms with van der Waals surface area (Å²) < 4.78 is 5.88. The van der Waals surface area contributed by atoms with Crippen LogP contribution in [-0.2, 0) is 4.79 Å². The maximum absolute atomic E-state index is 13.2. The predicted molar refractivity (Wildman–Crippen MR) is 112 cm³/mol. The largest absolute Gasteiger partial charge is 0.422 e. The fourth-order valence-electron chi connectivity index (χ4n) is 3.73. The molecule has 1 aliphatic carbocycles. The van der Waals surface area contributed by atoms with Gasteiger partial charge in [-0.25, -0.2) is 4.79 Å². The average Bonchev–Trinajstić information content (AvgIpc) is 2.65. The highest BCUT2D eigenvalue weighted by molar-refractivity contribution is 6.21. The standard InChI is InChI=1S/C23H21NO2.CH4/c1-15-9-8-10-16(2)22(15)26-23(25)21-17-11-4-6-13-19(17)24(3)20-14-7-5-12-18(20)21;/h4-14,19H,1-3H3;1H4. The van der Waals surface area contributed by atoms with Gasteiger partial charge in [0.2, 0.25) is 0 Å². The number of aryl methyl sites for hydroxylation is 2. The number of benzene rings is 2. The van der Waals surface area contributed by atoms with Gasteiger partial charge < -0.3 is 9.64 Å². The molecule has 3 nitrogen and oxygen atoms in total. The third-order valence-corrected chi connectivity index (χ3v) is 5.07. The van der Waals surface area contributed by atoms with Crippen molar-refractivity contribution in [3.05, 3.63) is 89.0 Å². The highest BCUT2D eigenvalue weighted by Crippen LogP contribution is 2.40. The van der Waals surface area contributed by atoms with Gasteiger partial charge >= 0.3 is 5.97 Å². The summed E-state index contributed by atoms with van der Waals surface area (Å²) >= 11 is 0. The molecule has 2 aromatic carbocycles. The Morgan fingerprint density at radius 2 is 1.70 bits per heavy atom. The zero-order valence-corrected chi connectivity index (χ0v) is 15.2. The minimum Gasteiger partial charge on any atom is -0.422 e. The number of rotatable bonds is 2. The minimum absolute atomic E-state index is 0. The van der Waals surface area contributed by atoms with Gasteiger partial charge in [0.15, 0.2) is 0 Å². The van der Waals surface area contributed by atoms with E-state index in [-0.39, 0.29) is 19.4 Å². The Balaban J connectivity index is 0.00000210. The average molecular weight is 359 g/mol. The number of hydrogen-bond donors (Lipinski definition) is 0. The quantitative estimate of drug-likeness (QED) is 0.542. The highest BCUT2D eigenvalue weighted by atomic mass is 16.5. The molecule has 138 valence electrons. The van der Waals surface area contributed by atoms with Crippen molar-refractivity contribution in [1.29, 1.82) is 0 Å². The van der Waals surface area contributed by atoms with Crippen LogP contribution in [0, 0.1) is 13.8 Å². The number of nitrogens with zero attached hydrogens (tertiary/aromatic N) is 1. The Labute approximate surface area is 161 Å². The number of ether oxygens (including phenoxy) is 1. The Morgan fingerprint density at radius 3 is 2.44 bits per heavy atom. The molecule has 4 rings (SSSR count). The lowest BCUT2D eigenvalue weighted by Gasteiger charge is -2.37. The van der Waals surface area contributed by atoms with Crippen LogP contribution in [-0.4, -0.2) is 19.1 Å². The second-order valence-corrected chi connectivity index (χ2v) is 6.76. The third-order valence-electron chi connectivity index (χ3n) is 5.07. The molecular formula is C24H25NO2. The van der Waals surface area contributed by atoms with Crippen molar-refractivity contribution in [2.75, 3.05) is 11.9 Å². The second kappa shape index (κ2) is 7.28. The van der Waals surface area contributed by atoms with Gasteiger partial charge in [0.1, 0.15) is 5.75 Å². The first kappa shape index (κ1) is 18.7. The van der Waals surface area contributed by atoms with Crippen LogP contribution in [0.4, 0.5) is 5.69 Å². The summed E-state index contributed by atoms with van der Waals surface area (Å²) in [7, 11) is 2.06. The minimum atomic E-state index is -0.303. The lowest BCUT2D eigenvalue weighted by atomic mass is 9.86. The van der Waals surface area contributed by atoms with E-state index in [0.29, 0.717) is 11.3 Å². The summed E-state index contributed by atoms with van der Waals surface area (Å²) in [5, 5.41) is 0. The van der Waals surface area contributed by atoms with Crippen LogP contribution < -0.4 is 9.64 Å². The second-order valence-electron chi connectivity index (χ2n) is 6.76. The van der Waals surface area contributed by atoms with Gasteiger partial charge in [-0.2, -0.15) is 0 Å². The smallest absolute Gasteiger partial charge is 0.344 e. The number of para-hydroxylation sites is 2. The SMILES string of the molecule is C.Cc1cccc(C)c1OC(=O)C1=C2C=CC=CC2N(C)c2ccccc21. The first-order valence-electron chi connectivity index (χ1n) is 8.77. The molecule has 0 saturated heterocycles. The van der Waals surface area contributed by atoms with Gasteiger partial charge in [-0.15, -0.1) is 0 Å². The molecule has 1 unspecified atom stereocenters. The van der Waals surface area contributed by atoms with Crippen LogP contribution in [0.3, 0.4) is 0 Å². The van der Waals surface area contributed by atoms with E-state index in [2.05, 4.69) is 18.0 Å². The van der Waals surface area contributed by atoms with Crippen molar-refractivity contribution in [2.45, 2.75) is 27.3 Å². The molecular weight excluding hydrogens is 334 g/mol. The molecule has 0 N–H and O–H groups in total. The number of fused-ring (bicyclic) bond motifs is 2. The number of carbonyl (C=O) groups excluding carboxylic acids is 1. The van der Waals surface area contributed by atoms with Crippen LogP contribution >= 0.6 is 0 Å². The van der Waals surface area contributed by atoms with E-state index >= 15 is 0 Å².